The summed E-state index contributed by atoms with van der Waals surface area (Å²) in [7, 11) is 3.28. The monoisotopic (exact) mass is 240 g/mol. The standard InChI is InChI=1S/C10H12N2O3S/c1-7-8(12(14)15)5-4-6-9(7)16-10(13)11(2)3/h4-6H,1-3H3. The Kier molecular flexibility index (Phi) is 3.89. The maximum absolute atomic E-state index is 11.5. The number of carbonyl (C=O) groups is 1. The summed E-state index contributed by atoms with van der Waals surface area (Å²) in [6.07, 6.45) is 0. The summed E-state index contributed by atoms with van der Waals surface area (Å²) < 4.78 is 0. The number of nitro benzene ring substituents is 1. The fraction of sp³-hybridized carbons (Fsp3) is 0.300. The molecule has 0 N–H and O–H groups in total. The molecular weight excluding hydrogens is 228 g/mol. The SMILES string of the molecule is Cc1c(SC(=O)N(C)C)cccc1[N+](=O)[O-]. The van der Waals surface area contributed by atoms with E-state index in [0.29, 0.717) is 10.5 Å². The van der Waals surface area contributed by atoms with Gasteiger partial charge in [0.1, 0.15) is 0 Å². The summed E-state index contributed by atoms with van der Waals surface area (Å²) >= 11 is 0.992. The Morgan fingerprint density at radius 1 is 1.44 bits per heavy atom. The molecule has 0 spiro atoms. The highest BCUT2D eigenvalue weighted by Gasteiger charge is 2.16. The first kappa shape index (κ1) is 12.5. The van der Waals surface area contributed by atoms with E-state index in [2.05, 4.69) is 0 Å². The molecule has 16 heavy (non-hydrogen) atoms. The summed E-state index contributed by atoms with van der Waals surface area (Å²) in [5.74, 6) is 0. The van der Waals surface area contributed by atoms with Crippen LogP contribution in [0.15, 0.2) is 23.1 Å². The summed E-state index contributed by atoms with van der Waals surface area (Å²) in [5.41, 5.74) is 0.559. The second kappa shape index (κ2) is 4.98. The number of rotatable bonds is 2. The van der Waals surface area contributed by atoms with Gasteiger partial charge in [-0.3, -0.25) is 14.9 Å². The van der Waals surface area contributed by atoms with Gasteiger partial charge in [-0.1, -0.05) is 6.07 Å². The van der Waals surface area contributed by atoms with E-state index >= 15 is 0 Å². The van der Waals surface area contributed by atoms with Gasteiger partial charge in [0.25, 0.3) is 10.9 Å². The fourth-order valence-corrected chi connectivity index (χ4v) is 1.87. The van der Waals surface area contributed by atoms with Crippen LogP contribution >= 0.6 is 11.8 Å². The molecule has 86 valence electrons. The van der Waals surface area contributed by atoms with E-state index in [1.165, 1.54) is 11.0 Å². The molecule has 0 aliphatic rings. The van der Waals surface area contributed by atoms with Gasteiger partial charge < -0.3 is 4.90 Å². The zero-order valence-electron chi connectivity index (χ0n) is 9.26. The fourth-order valence-electron chi connectivity index (χ4n) is 1.10. The van der Waals surface area contributed by atoms with E-state index < -0.39 is 4.92 Å². The second-order valence-electron chi connectivity index (χ2n) is 3.42. The third-order valence-electron chi connectivity index (χ3n) is 2.01. The van der Waals surface area contributed by atoms with E-state index in [1.54, 1.807) is 33.2 Å². The number of carbonyl (C=O) groups excluding carboxylic acids is 1. The molecule has 5 nitrogen and oxygen atoms in total. The van der Waals surface area contributed by atoms with E-state index in [1.807, 2.05) is 0 Å². The van der Waals surface area contributed by atoms with Gasteiger partial charge in [0.05, 0.1) is 4.92 Å². The smallest absolute Gasteiger partial charge is 0.285 e. The Bertz CT molecular complexity index is 432. The van der Waals surface area contributed by atoms with Crippen LogP contribution in [0.4, 0.5) is 10.5 Å². The second-order valence-corrected chi connectivity index (χ2v) is 4.41. The average molecular weight is 240 g/mol. The van der Waals surface area contributed by atoms with Crippen molar-refractivity contribution in [2.75, 3.05) is 14.1 Å². The van der Waals surface area contributed by atoms with Crippen molar-refractivity contribution >= 4 is 22.7 Å². The van der Waals surface area contributed by atoms with Gasteiger partial charge in [0.15, 0.2) is 0 Å². The molecule has 0 heterocycles. The van der Waals surface area contributed by atoms with Crippen LogP contribution in [-0.2, 0) is 0 Å². The molecule has 1 rings (SSSR count). The number of thioether (sulfide) groups is 1. The molecule has 1 aromatic rings. The van der Waals surface area contributed by atoms with Crippen molar-refractivity contribution in [3.05, 3.63) is 33.9 Å². The molecule has 0 saturated carbocycles. The molecule has 0 radical (unpaired) electrons. The zero-order valence-corrected chi connectivity index (χ0v) is 10.1. The lowest BCUT2D eigenvalue weighted by atomic mass is 10.2. The van der Waals surface area contributed by atoms with Crippen molar-refractivity contribution in [1.29, 1.82) is 0 Å². The Morgan fingerprint density at radius 3 is 2.56 bits per heavy atom. The highest BCUT2D eigenvalue weighted by atomic mass is 32.2. The molecule has 0 aliphatic carbocycles. The van der Waals surface area contributed by atoms with Gasteiger partial charge in [-0.05, 0) is 24.8 Å². The largest absolute Gasteiger partial charge is 0.339 e. The predicted octanol–water partition coefficient (Wildman–Crippen LogP) is 2.68. The molecule has 6 heteroatoms. The maximum atomic E-state index is 11.5. The number of nitrogens with zero attached hydrogens (tertiary/aromatic N) is 2. The van der Waals surface area contributed by atoms with Crippen molar-refractivity contribution in [2.45, 2.75) is 11.8 Å². The van der Waals surface area contributed by atoms with Gasteiger partial charge in [0, 0.05) is 30.6 Å². The highest BCUT2D eigenvalue weighted by Crippen LogP contribution is 2.30. The van der Waals surface area contributed by atoms with Crippen molar-refractivity contribution in [2.24, 2.45) is 0 Å². The molecule has 0 bridgehead atoms. The van der Waals surface area contributed by atoms with Gasteiger partial charge in [0.2, 0.25) is 0 Å². The number of hydrogen-bond acceptors (Lipinski definition) is 4. The lowest BCUT2D eigenvalue weighted by molar-refractivity contribution is -0.385. The van der Waals surface area contributed by atoms with E-state index in [9.17, 15) is 14.9 Å². The summed E-state index contributed by atoms with van der Waals surface area (Å²) in [6, 6.07) is 4.71. The molecular formula is C10H12N2O3S. The van der Waals surface area contributed by atoms with Gasteiger partial charge in [-0.25, -0.2) is 0 Å². The van der Waals surface area contributed by atoms with E-state index in [4.69, 9.17) is 0 Å². The zero-order chi connectivity index (χ0) is 12.3. The Balaban J connectivity index is 3.02. The van der Waals surface area contributed by atoms with Crippen LogP contribution in [0.25, 0.3) is 0 Å². The van der Waals surface area contributed by atoms with Crippen LogP contribution in [0.3, 0.4) is 0 Å². The van der Waals surface area contributed by atoms with Gasteiger partial charge >= 0.3 is 0 Å². The van der Waals surface area contributed by atoms with Crippen LogP contribution in [0.2, 0.25) is 0 Å². The first-order valence-electron chi connectivity index (χ1n) is 4.56. The first-order valence-corrected chi connectivity index (χ1v) is 5.38. The summed E-state index contributed by atoms with van der Waals surface area (Å²) in [4.78, 5) is 23.8. The minimum atomic E-state index is -0.445. The lowest BCUT2D eigenvalue weighted by Gasteiger charge is -2.10. The molecule has 0 atom stereocenters. The molecule has 0 unspecified atom stereocenters. The molecule has 0 aliphatic heterocycles. The van der Waals surface area contributed by atoms with Crippen LogP contribution in [-0.4, -0.2) is 29.2 Å². The number of nitro groups is 1. The van der Waals surface area contributed by atoms with Crippen LogP contribution in [0.1, 0.15) is 5.56 Å². The topological polar surface area (TPSA) is 63.5 Å². The highest BCUT2D eigenvalue weighted by molar-refractivity contribution is 8.13. The molecule has 1 amide bonds. The number of amides is 1. The Morgan fingerprint density at radius 2 is 2.06 bits per heavy atom. The van der Waals surface area contributed by atoms with Crippen LogP contribution in [0.5, 0.6) is 0 Å². The van der Waals surface area contributed by atoms with Gasteiger partial charge in [-0.15, -0.1) is 0 Å². The minimum absolute atomic E-state index is 0.0385. The normalized spacial score (nSPS) is 9.94. The Labute approximate surface area is 97.6 Å². The van der Waals surface area contributed by atoms with E-state index in [0.717, 1.165) is 11.8 Å². The molecule has 1 aromatic carbocycles. The van der Waals surface area contributed by atoms with E-state index in [-0.39, 0.29) is 10.9 Å². The third kappa shape index (κ3) is 2.73. The quantitative estimate of drug-likeness (QED) is 0.453. The lowest BCUT2D eigenvalue weighted by Crippen LogP contribution is -2.16. The molecule has 0 saturated heterocycles. The Hall–Kier alpha value is -1.56. The first-order chi connectivity index (χ1) is 7.43. The average Bonchev–Trinajstić information content (AvgIpc) is 2.20. The van der Waals surface area contributed by atoms with Crippen LogP contribution in [0, 0.1) is 17.0 Å². The van der Waals surface area contributed by atoms with Crippen molar-refractivity contribution < 1.29 is 9.72 Å². The number of hydrogen-bond donors (Lipinski definition) is 0. The van der Waals surface area contributed by atoms with Crippen molar-refractivity contribution in [3.63, 3.8) is 0 Å². The third-order valence-corrected chi connectivity index (χ3v) is 3.22. The molecule has 0 aromatic heterocycles. The maximum Gasteiger partial charge on any atom is 0.285 e. The minimum Gasteiger partial charge on any atom is -0.339 e. The van der Waals surface area contributed by atoms with Crippen molar-refractivity contribution in [1.82, 2.24) is 4.90 Å². The summed E-state index contributed by atoms with van der Waals surface area (Å²) in [6.45, 7) is 1.64. The van der Waals surface area contributed by atoms with Crippen LogP contribution < -0.4 is 0 Å². The van der Waals surface area contributed by atoms with Crippen molar-refractivity contribution in [3.8, 4) is 0 Å². The predicted molar refractivity (Wildman–Crippen MR) is 62.8 cm³/mol. The van der Waals surface area contributed by atoms with Gasteiger partial charge in [-0.2, -0.15) is 0 Å². The number of benzene rings is 1. The molecule has 0 fully saturated rings. The summed E-state index contributed by atoms with van der Waals surface area (Å²) in [5, 5.41) is 10.5.